The lowest BCUT2D eigenvalue weighted by molar-refractivity contribution is -0.142. The highest BCUT2D eigenvalue weighted by atomic mass is 16.5. The average Bonchev–Trinajstić information content (AvgIpc) is 3.29. The average molecular weight is 381 g/mol. The third kappa shape index (κ3) is 3.94. The monoisotopic (exact) mass is 381 g/mol. The molecule has 148 valence electrons. The molecular weight excluding hydrogens is 354 g/mol. The largest absolute Gasteiger partial charge is 0.368 e. The van der Waals surface area contributed by atoms with Crippen LogP contribution in [0.15, 0.2) is 41.5 Å². The number of piperazine rings is 1. The van der Waals surface area contributed by atoms with Gasteiger partial charge in [-0.05, 0) is 24.3 Å². The number of aliphatic imine (C=N–C) groups is 1. The third-order valence-electron chi connectivity index (χ3n) is 5.48. The Balaban J connectivity index is 1.34. The Morgan fingerprint density at radius 3 is 2.75 bits per heavy atom. The molecule has 0 saturated carbocycles. The zero-order valence-electron chi connectivity index (χ0n) is 16.3. The molecule has 0 bridgehead atoms. The van der Waals surface area contributed by atoms with Crippen molar-refractivity contribution in [2.75, 3.05) is 39.8 Å². The Morgan fingerprint density at radius 1 is 1.21 bits per heavy atom. The molecule has 1 unspecified atom stereocenters. The van der Waals surface area contributed by atoms with Gasteiger partial charge >= 0.3 is 0 Å². The van der Waals surface area contributed by atoms with E-state index in [2.05, 4.69) is 32.3 Å². The molecule has 1 aromatic carbocycles. The van der Waals surface area contributed by atoms with Crippen LogP contribution in [-0.4, -0.2) is 72.6 Å². The van der Waals surface area contributed by atoms with Gasteiger partial charge in [0.15, 0.2) is 5.96 Å². The first-order valence-corrected chi connectivity index (χ1v) is 9.95. The summed E-state index contributed by atoms with van der Waals surface area (Å²) in [6.07, 6.45) is 3.44. The van der Waals surface area contributed by atoms with E-state index in [9.17, 15) is 4.79 Å². The summed E-state index contributed by atoms with van der Waals surface area (Å²) in [7, 11) is 1.79. The molecule has 2 saturated heterocycles. The van der Waals surface area contributed by atoms with Gasteiger partial charge in [-0.25, -0.2) is 0 Å². The highest BCUT2D eigenvalue weighted by molar-refractivity contribution is 5.85. The Kier molecular flexibility index (Phi) is 5.71. The van der Waals surface area contributed by atoms with E-state index in [0.717, 1.165) is 43.0 Å². The number of hydrogen-bond donors (Lipinski definition) is 1. The van der Waals surface area contributed by atoms with E-state index in [0.29, 0.717) is 26.2 Å². The Hall–Kier alpha value is -2.67. The van der Waals surface area contributed by atoms with Crippen LogP contribution in [0.3, 0.4) is 0 Å². The highest BCUT2D eigenvalue weighted by Gasteiger charge is 2.30. The van der Waals surface area contributed by atoms with Gasteiger partial charge in [-0.3, -0.25) is 14.8 Å². The molecule has 1 N–H and O–H groups in total. The Labute approximate surface area is 165 Å². The summed E-state index contributed by atoms with van der Waals surface area (Å²) < 4.78 is 5.54. The number of ether oxygens (including phenoxy) is 1. The number of benzene rings is 1. The van der Waals surface area contributed by atoms with Crippen molar-refractivity contribution < 1.29 is 9.53 Å². The van der Waals surface area contributed by atoms with E-state index in [4.69, 9.17) is 4.74 Å². The fourth-order valence-corrected chi connectivity index (χ4v) is 3.93. The maximum atomic E-state index is 12.5. The van der Waals surface area contributed by atoms with Crippen LogP contribution in [0.1, 0.15) is 18.5 Å². The zero-order valence-corrected chi connectivity index (χ0v) is 16.3. The number of carbonyl (C=O) groups is 1. The number of aromatic nitrogens is 1. The first-order valence-electron chi connectivity index (χ1n) is 9.95. The quantitative estimate of drug-likeness (QED) is 0.647. The van der Waals surface area contributed by atoms with Gasteiger partial charge in [0.1, 0.15) is 6.10 Å². The van der Waals surface area contributed by atoms with E-state index in [1.54, 1.807) is 7.05 Å². The summed E-state index contributed by atoms with van der Waals surface area (Å²) in [6.45, 7) is 4.25. The number of rotatable bonds is 3. The van der Waals surface area contributed by atoms with Crippen LogP contribution in [0, 0.1) is 0 Å². The van der Waals surface area contributed by atoms with Crippen LogP contribution in [0.25, 0.3) is 10.8 Å². The fraction of sp³-hybridized carbons (Fsp3) is 0.476. The van der Waals surface area contributed by atoms with Crippen molar-refractivity contribution in [2.45, 2.75) is 25.5 Å². The standard InChI is InChI=1S/C21H27N5O2/c1-22-21(24-15-18-17-6-3-2-5-16(17)8-9-23-18)26-12-10-25(11-13-26)20(27)19-7-4-14-28-19/h2-3,5-6,8-9,19H,4,7,10-15H2,1H3,(H,22,24). The van der Waals surface area contributed by atoms with Crippen LogP contribution in [0.4, 0.5) is 0 Å². The minimum Gasteiger partial charge on any atom is -0.368 e. The van der Waals surface area contributed by atoms with Crippen LogP contribution in [0.2, 0.25) is 0 Å². The van der Waals surface area contributed by atoms with Crippen molar-refractivity contribution in [3.63, 3.8) is 0 Å². The molecule has 0 radical (unpaired) electrons. The van der Waals surface area contributed by atoms with Gasteiger partial charge in [0.2, 0.25) is 0 Å². The molecule has 28 heavy (non-hydrogen) atoms. The minimum atomic E-state index is -0.235. The number of nitrogens with zero attached hydrogens (tertiary/aromatic N) is 4. The first kappa shape index (κ1) is 18.7. The number of pyridine rings is 1. The third-order valence-corrected chi connectivity index (χ3v) is 5.48. The van der Waals surface area contributed by atoms with E-state index in [-0.39, 0.29) is 12.0 Å². The van der Waals surface area contributed by atoms with Crippen molar-refractivity contribution in [1.82, 2.24) is 20.1 Å². The summed E-state index contributed by atoms with van der Waals surface area (Å²) >= 11 is 0. The van der Waals surface area contributed by atoms with Crippen LogP contribution in [-0.2, 0) is 16.1 Å². The molecule has 3 heterocycles. The summed E-state index contributed by atoms with van der Waals surface area (Å²) in [6, 6.07) is 10.3. The lowest BCUT2D eigenvalue weighted by atomic mass is 10.1. The molecular formula is C21H27N5O2. The molecule has 0 spiro atoms. The van der Waals surface area contributed by atoms with Crippen LogP contribution in [0.5, 0.6) is 0 Å². The lowest BCUT2D eigenvalue weighted by Crippen LogP contribution is -2.55. The van der Waals surface area contributed by atoms with Gasteiger partial charge in [-0.15, -0.1) is 0 Å². The van der Waals surface area contributed by atoms with Crippen molar-refractivity contribution in [2.24, 2.45) is 4.99 Å². The minimum absolute atomic E-state index is 0.139. The SMILES string of the molecule is CN=C(NCc1nccc2ccccc12)N1CCN(C(=O)C2CCCO2)CC1. The molecule has 2 aliphatic heterocycles. The van der Waals surface area contributed by atoms with E-state index in [1.807, 2.05) is 29.3 Å². The predicted molar refractivity (Wildman–Crippen MR) is 109 cm³/mol. The molecule has 2 aliphatic rings. The maximum Gasteiger partial charge on any atom is 0.251 e. The molecule has 1 atom stereocenters. The summed E-state index contributed by atoms with van der Waals surface area (Å²) in [5.74, 6) is 0.985. The molecule has 2 fully saturated rings. The van der Waals surface area contributed by atoms with Gasteiger partial charge in [0.05, 0.1) is 12.2 Å². The van der Waals surface area contributed by atoms with Gasteiger partial charge in [0.25, 0.3) is 5.91 Å². The van der Waals surface area contributed by atoms with E-state index in [1.165, 1.54) is 5.39 Å². The van der Waals surface area contributed by atoms with Gasteiger partial charge in [-0.2, -0.15) is 0 Å². The fourth-order valence-electron chi connectivity index (χ4n) is 3.93. The van der Waals surface area contributed by atoms with E-state index >= 15 is 0 Å². The Bertz CT molecular complexity index is 849. The molecule has 0 aliphatic carbocycles. The maximum absolute atomic E-state index is 12.5. The molecule has 7 nitrogen and oxygen atoms in total. The molecule has 7 heteroatoms. The van der Waals surface area contributed by atoms with Gasteiger partial charge in [0, 0.05) is 51.4 Å². The predicted octanol–water partition coefficient (Wildman–Crippen LogP) is 1.63. The zero-order chi connectivity index (χ0) is 19.3. The number of hydrogen-bond acceptors (Lipinski definition) is 4. The summed E-state index contributed by atoms with van der Waals surface area (Å²) in [5.41, 5.74) is 1.01. The topological polar surface area (TPSA) is 70.1 Å². The number of carbonyl (C=O) groups excluding carboxylic acids is 1. The van der Waals surface area contributed by atoms with Crippen molar-refractivity contribution in [3.8, 4) is 0 Å². The molecule has 4 rings (SSSR count). The van der Waals surface area contributed by atoms with Crippen molar-refractivity contribution in [1.29, 1.82) is 0 Å². The number of nitrogens with one attached hydrogen (secondary N) is 1. The van der Waals surface area contributed by atoms with Gasteiger partial charge in [-0.1, -0.05) is 24.3 Å². The second-order valence-electron chi connectivity index (χ2n) is 7.19. The Morgan fingerprint density at radius 2 is 2.00 bits per heavy atom. The molecule has 1 aromatic heterocycles. The van der Waals surface area contributed by atoms with Crippen molar-refractivity contribution >= 4 is 22.6 Å². The number of fused-ring (bicyclic) bond motifs is 1. The first-order chi connectivity index (χ1) is 13.8. The smallest absolute Gasteiger partial charge is 0.251 e. The highest BCUT2D eigenvalue weighted by Crippen LogP contribution is 2.17. The molecule has 2 aromatic rings. The number of amides is 1. The van der Waals surface area contributed by atoms with Crippen LogP contribution < -0.4 is 5.32 Å². The summed E-state index contributed by atoms with van der Waals surface area (Å²) in [4.78, 5) is 25.6. The summed E-state index contributed by atoms with van der Waals surface area (Å²) in [5, 5.41) is 5.77. The van der Waals surface area contributed by atoms with Gasteiger partial charge < -0.3 is 19.9 Å². The molecule has 1 amide bonds. The normalized spacial score (nSPS) is 20.6. The van der Waals surface area contributed by atoms with E-state index < -0.39 is 0 Å². The second kappa shape index (κ2) is 8.56. The lowest BCUT2D eigenvalue weighted by Gasteiger charge is -2.37. The van der Waals surface area contributed by atoms with Crippen molar-refractivity contribution in [3.05, 3.63) is 42.2 Å². The second-order valence-corrected chi connectivity index (χ2v) is 7.19. The van der Waals surface area contributed by atoms with Crippen LogP contribution >= 0.6 is 0 Å². The number of guanidine groups is 1.